The molecule has 0 heterocycles. The van der Waals surface area contributed by atoms with Crippen molar-refractivity contribution in [1.82, 2.24) is 0 Å². The molecule has 0 radical (unpaired) electrons. The molecule has 0 aliphatic heterocycles. The van der Waals surface area contributed by atoms with Gasteiger partial charge in [-0.25, -0.2) is 4.79 Å². The van der Waals surface area contributed by atoms with E-state index in [0.717, 1.165) is 0 Å². The monoisotopic (exact) mass is 253 g/mol. The van der Waals surface area contributed by atoms with Crippen LogP contribution in [0, 0.1) is 16.0 Å². The van der Waals surface area contributed by atoms with Gasteiger partial charge >= 0.3 is 5.97 Å². The number of hydrogen-bond acceptors (Lipinski definition) is 5. The maximum absolute atomic E-state index is 11.5. The zero-order chi connectivity index (χ0) is 13.7. The molecular weight excluding hydrogens is 238 g/mol. The Labute approximate surface area is 104 Å². The van der Waals surface area contributed by atoms with Crippen molar-refractivity contribution < 1.29 is 19.6 Å². The van der Waals surface area contributed by atoms with Gasteiger partial charge in [0.15, 0.2) is 6.10 Å². The van der Waals surface area contributed by atoms with E-state index in [9.17, 15) is 20.0 Å². The van der Waals surface area contributed by atoms with Crippen LogP contribution in [-0.4, -0.2) is 22.6 Å². The molecule has 0 spiro atoms. The fourth-order valence-electron chi connectivity index (χ4n) is 1.24. The number of aliphatic hydroxyl groups is 1. The van der Waals surface area contributed by atoms with Gasteiger partial charge in [-0.3, -0.25) is 10.1 Å². The summed E-state index contributed by atoms with van der Waals surface area (Å²) < 4.78 is 4.87. The molecule has 0 saturated carbocycles. The number of aliphatic hydroxyl groups excluding tert-OH is 1. The molecule has 1 aromatic carbocycles. The predicted octanol–water partition coefficient (Wildman–Crippen LogP) is 1.83. The van der Waals surface area contributed by atoms with E-state index in [-0.39, 0.29) is 23.8 Å². The van der Waals surface area contributed by atoms with E-state index in [1.165, 1.54) is 24.3 Å². The van der Waals surface area contributed by atoms with E-state index in [1.807, 2.05) is 13.8 Å². The van der Waals surface area contributed by atoms with Crippen molar-refractivity contribution in [3.05, 3.63) is 39.9 Å². The first-order valence-corrected chi connectivity index (χ1v) is 5.51. The van der Waals surface area contributed by atoms with E-state index in [2.05, 4.69) is 0 Å². The van der Waals surface area contributed by atoms with Crippen LogP contribution < -0.4 is 0 Å². The maximum atomic E-state index is 11.5. The van der Waals surface area contributed by atoms with Gasteiger partial charge < -0.3 is 9.84 Å². The number of esters is 1. The van der Waals surface area contributed by atoms with Crippen LogP contribution in [0.1, 0.15) is 25.5 Å². The number of carbonyl (C=O) groups excluding carboxylic acids is 1. The van der Waals surface area contributed by atoms with E-state index in [1.54, 1.807) is 0 Å². The largest absolute Gasteiger partial charge is 0.463 e. The summed E-state index contributed by atoms with van der Waals surface area (Å²) in [4.78, 5) is 21.4. The Bertz CT molecular complexity index is 427. The number of benzene rings is 1. The Balaban J connectivity index is 2.68. The Hall–Kier alpha value is -1.95. The summed E-state index contributed by atoms with van der Waals surface area (Å²) in [6.07, 6.45) is -1.41. The summed E-state index contributed by atoms with van der Waals surface area (Å²) in [6, 6.07) is 5.13. The molecule has 0 aromatic heterocycles. The van der Waals surface area contributed by atoms with Crippen LogP contribution in [0.15, 0.2) is 24.3 Å². The summed E-state index contributed by atoms with van der Waals surface area (Å²) in [5.41, 5.74) is 0.177. The number of nitrogens with zero attached hydrogens (tertiary/aromatic N) is 1. The lowest BCUT2D eigenvalue weighted by Gasteiger charge is -2.12. The van der Waals surface area contributed by atoms with Crippen LogP contribution in [0.3, 0.4) is 0 Å². The highest BCUT2D eigenvalue weighted by molar-refractivity contribution is 5.76. The lowest BCUT2D eigenvalue weighted by molar-refractivity contribution is -0.384. The van der Waals surface area contributed by atoms with Gasteiger partial charge in [-0.05, 0) is 23.6 Å². The first-order valence-electron chi connectivity index (χ1n) is 5.51. The van der Waals surface area contributed by atoms with Crippen LogP contribution in [0.4, 0.5) is 5.69 Å². The highest BCUT2D eigenvalue weighted by Gasteiger charge is 2.20. The third-order valence-corrected chi connectivity index (χ3v) is 2.20. The van der Waals surface area contributed by atoms with E-state index in [0.29, 0.717) is 0 Å². The minimum Gasteiger partial charge on any atom is -0.463 e. The van der Waals surface area contributed by atoms with Crippen LogP contribution in [-0.2, 0) is 9.53 Å². The number of nitro groups is 1. The second-order valence-corrected chi connectivity index (χ2v) is 4.28. The van der Waals surface area contributed by atoms with Gasteiger partial charge in [0.1, 0.15) is 0 Å². The van der Waals surface area contributed by atoms with Crippen LogP contribution >= 0.6 is 0 Å². The molecule has 0 saturated heterocycles. The first kappa shape index (κ1) is 14.1. The van der Waals surface area contributed by atoms with Crippen molar-refractivity contribution in [3.8, 4) is 0 Å². The van der Waals surface area contributed by atoms with E-state index >= 15 is 0 Å². The molecule has 0 amide bonds. The van der Waals surface area contributed by atoms with Crippen LogP contribution in [0.2, 0.25) is 0 Å². The van der Waals surface area contributed by atoms with Gasteiger partial charge in [-0.1, -0.05) is 13.8 Å². The highest BCUT2D eigenvalue weighted by atomic mass is 16.6. The molecule has 1 atom stereocenters. The summed E-state index contributed by atoms with van der Waals surface area (Å²) >= 11 is 0. The second-order valence-electron chi connectivity index (χ2n) is 4.28. The molecule has 6 nitrogen and oxygen atoms in total. The molecule has 1 rings (SSSR count). The molecule has 1 N–H and O–H groups in total. The first-order chi connectivity index (χ1) is 8.41. The molecule has 0 bridgehead atoms. The van der Waals surface area contributed by atoms with Gasteiger partial charge in [-0.2, -0.15) is 0 Å². The summed E-state index contributed by atoms with van der Waals surface area (Å²) in [6.45, 7) is 3.99. The predicted molar refractivity (Wildman–Crippen MR) is 63.9 cm³/mol. The standard InChI is InChI=1S/C12H15NO5/c1-8(2)7-18-12(15)11(14)9-3-5-10(6-4-9)13(16)17/h3-6,8,11,14H,7H2,1-2H3. The number of hydrogen-bond donors (Lipinski definition) is 1. The molecule has 0 fully saturated rings. The third-order valence-electron chi connectivity index (χ3n) is 2.20. The fraction of sp³-hybridized carbons (Fsp3) is 0.417. The summed E-state index contributed by atoms with van der Waals surface area (Å²) in [7, 11) is 0. The summed E-state index contributed by atoms with van der Waals surface area (Å²) in [5, 5.41) is 20.1. The zero-order valence-corrected chi connectivity index (χ0v) is 10.2. The van der Waals surface area contributed by atoms with Crippen molar-refractivity contribution in [2.24, 2.45) is 5.92 Å². The Morgan fingerprint density at radius 3 is 2.39 bits per heavy atom. The molecule has 0 aliphatic carbocycles. The highest BCUT2D eigenvalue weighted by Crippen LogP contribution is 2.18. The van der Waals surface area contributed by atoms with Gasteiger partial charge in [0.05, 0.1) is 11.5 Å². The second kappa shape index (κ2) is 6.11. The number of ether oxygens (including phenoxy) is 1. The van der Waals surface area contributed by atoms with Crippen molar-refractivity contribution >= 4 is 11.7 Å². The van der Waals surface area contributed by atoms with E-state index in [4.69, 9.17) is 4.74 Å². The van der Waals surface area contributed by atoms with Crippen LogP contribution in [0.5, 0.6) is 0 Å². The SMILES string of the molecule is CC(C)COC(=O)C(O)c1ccc([N+](=O)[O-])cc1. The maximum Gasteiger partial charge on any atom is 0.339 e. The van der Waals surface area contributed by atoms with Gasteiger partial charge in [-0.15, -0.1) is 0 Å². The van der Waals surface area contributed by atoms with Crippen molar-refractivity contribution in [1.29, 1.82) is 0 Å². The number of nitro benzene ring substituents is 1. The smallest absolute Gasteiger partial charge is 0.339 e. The fourth-order valence-corrected chi connectivity index (χ4v) is 1.24. The van der Waals surface area contributed by atoms with Gasteiger partial charge in [0.25, 0.3) is 5.69 Å². The number of rotatable bonds is 5. The zero-order valence-electron chi connectivity index (χ0n) is 10.2. The quantitative estimate of drug-likeness (QED) is 0.491. The Kier molecular flexibility index (Phi) is 4.79. The minimum atomic E-state index is -1.41. The normalized spacial score (nSPS) is 12.2. The average molecular weight is 253 g/mol. The average Bonchev–Trinajstić information content (AvgIpc) is 2.35. The Morgan fingerprint density at radius 2 is 1.94 bits per heavy atom. The number of non-ortho nitro benzene ring substituents is 1. The van der Waals surface area contributed by atoms with Gasteiger partial charge in [0.2, 0.25) is 0 Å². The molecule has 1 aromatic rings. The van der Waals surface area contributed by atoms with Crippen molar-refractivity contribution in [3.63, 3.8) is 0 Å². The van der Waals surface area contributed by atoms with E-state index < -0.39 is 17.0 Å². The van der Waals surface area contributed by atoms with Gasteiger partial charge in [0, 0.05) is 12.1 Å². The molecule has 18 heavy (non-hydrogen) atoms. The third kappa shape index (κ3) is 3.81. The van der Waals surface area contributed by atoms with Crippen molar-refractivity contribution in [2.45, 2.75) is 20.0 Å². The topological polar surface area (TPSA) is 89.7 Å². The summed E-state index contributed by atoms with van der Waals surface area (Å²) in [5.74, 6) is -0.574. The molecular formula is C12H15NO5. The van der Waals surface area contributed by atoms with Crippen molar-refractivity contribution in [2.75, 3.05) is 6.61 Å². The lowest BCUT2D eigenvalue weighted by atomic mass is 10.1. The molecule has 6 heteroatoms. The molecule has 0 aliphatic rings. The Morgan fingerprint density at radius 1 is 1.39 bits per heavy atom. The number of carbonyl (C=O) groups is 1. The molecule has 98 valence electrons. The lowest BCUT2D eigenvalue weighted by Crippen LogP contribution is -2.18. The minimum absolute atomic E-state index is 0.0958. The molecule has 1 unspecified atom stereocenters. The van der Waals surface area contributed by atoms with Crippen LogP contribution in [0.25, 0.3) is 0 Å².